The summed E-state index contributed by atoms with van der Waals surface area (Å²) in [5, 5.41) is 3.79. The molecule has 3 aromatic heterocycles. The van der Waals surface area contributed by atoms with Gasteiger partial charge in [-0.2, -0.15) is 4.98 Å². The molecule has 9 heteroatoms. The number of fused-ring (bicyclic) bond motifs is 1. The first-order chi connectivity index (χ1) is 16.1. The van der Waals surface area contributed by atoms with E-state index in [0.29, 0.717) is 21.8 Å². The third kappa shape index (κ3) is 4.28. The molecule has 33 heavy (non-hydrogen) atoms. The van der Waals surface area contributed by atoms with E-state index in [1.165, 1.54) is 22.3 Å². The van der Waals surface area contributed by atoms with Crippen molar-refractivity contribution in [2.75, 3.05) is 23.3 Å². The molecule has 0 spiro atoms. The second-order valence-corrected chi connectivity index (χ2v) is 9.02. The summed E-state index contributed by atoms with van der Waals surface area (Å²) in [5.74, 6) is 0.209. The van der Waals surface area contributed by atoms with E-state index in [4.69, 9.17) is 9.40 Å². The minimum absolute atomic E-state index is 0.138. The zero-order valence-corrected chi connectivity index (χ0v) is 19.2. The molecular formula is C24H25N5O3S. The third-order valence-corrected chi connectivity index (χ3v) is 7.00. The Morgan fingerprint density at radius 1 is 1.12 bits per heavy atom. The molecule has 0 atom stereocenters. The van der Waals surface area contributed by atoms with Crippen LogP contribution in [0.2, 0.25) is 0 Å². The van der Waals surface area contributed by atoms with Crippen LogP contribution >= 0.6 is 11.3 Å². The molecule has 1 amide bonds. The first-order valence-electron chi connectivity index (χ1n) is 11.2. The molecule has 1 aliphatic heterocycles. The topological polar surface area (TPSA) is 93.3 Å². The number of carbonyl (C=O) groups is 1. The summed E-state index contributed by atoms with van der Waals surface area (Å²) in [7, 11) is 0. The molecule has 1 N–H and O–H groups in total. The summed E-state index contributed by atoms with van der Waals surface area (Å²) >= 11 is 1.43. The number of hydrogen-bond donors (Lipinski definition) is 1. The number of benzene rings is 1. The minimum Gasteiger partial charge on any atom is -0.463 e. The normalized spacial score (nSPS) is 14.0. The molecule has 4 heterocycles. The lowest BCUT2D eigenvalue weighted by molar-refractivity contribution is -0.116. The molecular weight excluding hydrogens is 438 g/mol. The number of amides is 1. The second kappa shape index (κ2) is 9.19. The van der Waals surface area contributed by atoms with Gasteiger partial charge in [0, 0.05) is 18.8 Å². The molecule has 170 valence electrons. The quantitative estimate of drug-likeness (QED) is 0.458. The number of nitrogens with zero attached hydrogens (tertiary/aromatic N) is 4. The summed E-state index contributed by atoms with van der Waals surface area (Å²) < 4.78 is 6.94. The van der Waals surface area contributed by atoms with E-state index in [-0.39, 0.29) is 12.5 Å². The number of furan rings is 1. The standard InChI is InChI=1S/C24H25N5O3S/c1-2-16-9-4-5-10-17(16)25-19(30)15-29-22-21(20(26-23(29)31)18-11-8-14-32-18)27-24(33-22)28-12-6-3-7-13-28/h4-5,8-11,14H,2-3,6-7,12-13,15H2,1H3,(H,25,30). The first kappa shape index (κ1) is 21.4. The van der Waals surface area contributed by atoms with Crippen molar-refractivity contribution in [3.8, 4) is 11.5 Å². The van der Waals surface area contributed by atoms with Gasteiger partial charge >= 0.3 is 5.69 Å². The van der Waals surface area contributed by atoms with E-state index in [0.717, 1.165) is 48.7 Å². The number of thiazole rings is 1. The van der Waals surface area contributed by atoms with E-state index < -0.39 is 5.69 Å². The van der Waals surface area contributed by atoms with E-state index >= 15 is 0 Å². The van der Waals surface area contributed by atoms with Crippen LogP contribution in [0.4, 0.5) is 10.8 Å². The van der Waals surface area contributed by atoms with Gasteiger partial charge in [0.2, 0.25) is 5.91 Å². The lowest BCUT2D eigenvalue weighted by Gasteiger charge is -2.25. The monoisotopic (exact) mass is 463 g/mol. The lowest BCUT2D eigenvalue weighted by atomic mass is 10.1. The van der Waals surface area contributed by atoms with Gasteiger partial charge in [0.1, 0.15) is 22.6 Å². The average Bonchev–Trinajstić information content (AvgIpc) is 3.52. The van der Waals surface area contributed by atoms with Crippen molar-refractivity contribution < 1.29 is 9.21 Å². The van der Waals surface area contributed by atoms with Crippen molar-refractivity contribution in [1.82, 2.24) is 14.5 Å². The zero-order valence-electron chi connectivity index (χ0n) is 18.4. The summed E-state index contributed by atoms with van der Waals surface area (Å²) in [4.78, 5) is 37.9. The Hall–Kier alpha value is -3.46. The lowest BCUT2D eigenvalue weighted by Crippen LogP contribution is -2.29. The van der Waals surface area contributed by atoms with Gasteiger partial charge < -0.3 is 14.6 Å². The average molecular weight is 464 g/mol. The Balaban J connectivity index is 1.54. The van der Waals surface area contributed by atoms with Gasteiger partial charge in [-0.15, -0.1) is 0 Å². The summed E-state index contributed by atoms with van der Waals surface area (Å²) in [6, 6.07) is 11.2. The van der Waals surface area contributed by atoms with Crippen molar-refractivity contribution in [3.05, 3.63) is 58.7 Å². The van der Waals surface area contributed by atoms with E-state index in [1.54, 1.807) is 18.4 Å². The summed E-state index contributed by atoms with van der Waals surface area (Å²) in [6.07, 6.45) is 5.79. The number of rotatable bonds is 6. The van der Waals surface area contributed by atoms with E-state index in [1.807, 2.05) is 31.2 Å². The fraction of sp³-hybridized carbons (Fsp3) is 0.333. The molecule has 1 aromatic carbocycles. The van der Waals surface area contributed by atoms with Crippen LogP contribution < -0.4 is 15.9 Å². The fourth-order valence-corrected chi connectivity index (χ4v) is 5.28. The van der Waals surface area contributed by atoms with Gasteiger partial charge in [-0.05, 0) is 49.4 Å². The molecule has 1 saturated heterocycles. The number of nitrogens with one attached hydrogen (secondary N) is 1. The molecule has 0 radical (unpaired) electrons. The highest BCUT2D eigenvalue weighted by Crippen LogP contribution is 2.34. The highest BCUT2D eigenvalue weighted by Gasteiger charge is 2.23. The molecule has 8 nitrogen and oxygen atoms in total. The van der Waals surface area contributed by atoms with Crippen molar-refractivity contribution in [3.63, 3.8) is 0 Å². The summed E-state index contributed by atoms with van der Waals surface area (Å²) in [6.45, 7) is 3.76. The third-order valence-electron chi connectivity index (χ3n) is 5.86. The van der Waals surface area contributed by atoms with Crippen LogP contribution in [0.25, 0.3) is 21.8 Å². The maximum absolute atomic E-state index is 13.0. The maximum Gasteiger partial charge on any atom is 0.349 e. The van der Waals surface area contributed by atoms with Crippen LogP contribution in [0.1, 0.15) is 31.7 Å². The summed E-state index contributed by atoms with van der Waals surface area (Å²) in [5.41, 5.74) is 2.29. The number of carbonyl (C=O) groups excluding carboxylic acids is 1. The number of piperidine rings is 1. The SMILES string of the molecule is CCc1ccccc1NC(=O)Cn1c(=O)nc(-c2ccco2)c2nc(N3CCCCC3)sc21. The van der Waals surface area contributed by atoms with Gasteiger partial charge in [0.05, 0.1) is 6.26 Å². The maximum atomic E-state index is 13.0. The minimum atomic E-state index is -0.498. The van der Waals surface area contributed by atoms with Gasteiger partial charge in [0.25, 0.3) is 0 Å². The predicted molar refractivity (Wildman–Crippen MR) is 130 cm³/mol. The Bertz CT molecular complexity index is 1340. The Kier molecular flexibility index (Phi) is 5.95. The number of aryl methyl sites for hydroxylation is 1. The van der Waals surface area contributed by atoms with Crippen LogP contribution in [0.5, 0.6) is 0 Å². The highest BCUT2D eigenvalue weighted by atomic mass is 32.1. The molecule has 0 unspecified atom stereocenters. The Labute approximate surface area is 194 Å². The molecule has 5 rings (SSSR count). The van der Waals surface area contributed by atoms with Crippen molar-refractivity contribution in [2.24, 2.45) is 0 Å². The van der Waals surface area contributed by atoms with Gasteiger partial charge in [-0.1, -0.05) is 36.5 Å². The highest BCUT2D eigenvalue weighted by molar-refractivity contribution is 7.22. The van der Waals surface area contributed by atoms with Gasteiger partial charge in [-0.25, -0.2) is 9.78 Å². The van der Waals surface area contributed by atoms with Gasteiger partial charge in [-0.3, -0.25) is 9.36 Å². The molecule has 1 fully saturated rings. The fourth-order valence-electron chi connectivity index (χ4n) is 4.16. The number of para-hydroxylation sites is 1. The number of aromatic nitrogens is 3. The Morgan fingerprint density at radius 2 is 1.94 bits per heavy atom. The second-order valence-electron chi connectivity index (χ2n) is 8.06. The number of hydrogen-bond acceptors (Lipinski definition) is 7. The van der Waals surface area contributed by atoms with Crippen molar-refractivity contribution >= 4 is 38.4 Å². The predicted octanol–water partition coefficient (Wildman–Crippen LogP) is 4.30. The van der Waals surface area contributed by atoms with Crippen LogP contribution in [0.3, 0.4) is 0 Å². The molecule has 0 aliphatic carbocycles. The Morgan fingerprint density at radius 3 is 2.70 bits per heavy atom. The van der Waals surface area contributed by atoms with E-state index in [2.05, 4.69) is 15.2 Å². The zero-order chi connectivity index (χ0) is 22.8. The van der Waals surface area contributed by atoms with Crippen LogP contribution in [-0.2, 0) is 17.8 Å². The molecule has 4 aromatic rings. The van der Waals surface area contributed by atoms with Gasteiger partial charge in [0.15, 0.2) is 10.9 Å². The molecule has 0 saturated carbocycles. The number of anilines is 2. The van der Waals surface area contributed by atoms with Crippen LogP contribution in [-0.4, -0.2) is 33.5 Å². The molecule has 1 aliphatic rings. The van der Waals surface area contributed by atoms with Crippen molar-refractivity contribution in [2.45, 2.75) is 39.2 Å². The smallest absolute Gasteiger partial charge is 0.349 e. The first-order valence-corrected chi connectivity index (χ1v) is 12.0. The van der Waals surface area contributed by atoms with Crippen LogP contribution in [0.15, 0.2) is 51.9 Å². The molecule has 0 bridgehead atoms. The van der Waals surface area contributed by atoms with Crippen molar-refractivity contribution in [1.29, 1.82) is 0 Å². The largest absolute Gasteiger partial charge is 0.463 e. The van der Waals surface area contributed by atoms with Crippen LogP contribution in [0, 0.1) is 0 Å². The van der Waals surface area contributed by atoms with E-state index in [9.17, 15) is 9.59 Å².